The van der Waals surface area contributed by atoms with Crippen molar-refractivity contribution in [1.82, 2.24) is 9.88 Å². The number of para-hydroxylation sites is 2. The molecule has 0 radical (unpaired) electrons. The zero-order valence-corrected chi connectivity index (χ0v) is 15.8. The topological polar surface area (TPSA) is 47.7 Å². The van der Waals surface area contributed by atoms with Gasteiger partial charge in [0.25, 0.3) is 0 Å². The lowest BCUT2D eigenvalue weighted by Gasteiger charge is -2.30. The summed E-state index contributed by atoms with van der Waals surface area (Å²) in [5.41, 5.74) is 0.979. The molecule has 0 saturated heterocycles. The fraction of sp³-hybridized carbons (Fsp3) is 0.350. The van der Waals surface area contributed by atoms with Crippen molar-refractivity contribution < 1.29 is 13.9 Å². The summed E-state index contributed by atoms with van der Waals surface area (Å²) in [6.07, 6.45) is 0.00817. The van der Waals surface area contributed by atoms with Crippen LogP contribution in [0, 0.1) is 6.92 Å². The predicted octanol–water partition coefficient (Wildman–Crippen LogP) is 4.37. The average Bonchev–Trinajstić information content (AvgIpc) is 3.31. The highest BCUT2D eigenvalue weighted by molar-refractivity contribution is 7.13. The molecule has 4 rings (SSSR count). The Morgan fingerprint density at radius 1 is 1.19 bits per heavy atom. The molecular weight excluding hydrogens is 348 g/mol. The van der Waals surface area contributed by atoms with Gasteiger partial charge in [0.15, 0.2) is 11.5 Å². The van der Waals surface area contributed by atoms with Crippen LogP contribution in [0.25, 0.3) is 10.8 Å². The molecule has 0 aliphatic carbocycles. The van der Waals surface area contributed by atoms with Gasteiger partial charge in [-0.25, -0.2) is 4.98 Å². The van der Waals surface area contributed by atoms with E-state index in [-0.39, 0.29) is 6.10 Å². The molecule has 136 valence electrons. The minimum Gasteiger partial charge on any atom is -0.486 e. The smallest absolute Gasteiger partial charge is 0.236 e. The Morgan fingerprint density at radius 3 is 2.81 bits per heavy atom. The van der Waals surface area contributed by atoms with E-state index in [4.69, 9.17) is 18.9 Å². The summed E-state index contributed by atoms with van der Waals surface area (Å²) in [5.74, 6) is 3.21. The number of aromatic nitrogens is 1. The zero-order chi connectivity index (χ0) is 17.9. The molecule has 0 bridgehead atoms. The van der Waals surface area contributed by atoms with Gasteiger partial charge in [-0.3, -0.25) is 4.90 Å². The molecule has 0 unspecified atom stereocenters. The number of rotatable bonds is 6. The van der Waals surface area contributed by atoms with Crippen LogP contribution in [0.4, 0.5) is 0 Å². The minimum absolute atomic E-state index is 0.00817. The minimum atomic E-state index is 0.00817. The van der Waals surface area contributed by atoms with Gasteiger partial charge in [0.05, 0.1) is 10.6 Å². The van der Waals surface area contributed by atoms with E-state index in [2.05, 4.69) is 11.8 Å². The maximum Gasteiger partial charge on any atom is 0.236 e. The van der Waals surface area contributed by atoms with Crippen LogP contribution in [0.3, 0.4) is 0 Å². The van der Waals surface area contributed by atoms with Gasteiger partial charge in [-0.15, -0.1) is 11.3 Å². The first kappa shape index (κ1) is 17.1. The molecule has 0 fully saturated rings. The molecule has 0 saturated carbocycles. The summed E-state index contributed by atoms with van der Waals surface area (Å²) in [6.45, 7) is 7.11. The van der Waals surface area contributed by atoms with Crippen molar-refractivity contribution in [1.29, 1.82) is 0 Å². The second kappa shape index (κ2) is 7.51. The first-order valence-corrected chi connectivity index (χ1v) is 9.72. The third-order valence-corrected chi connectivity index (χ3v) is 5.33. The average molecular weight is 370 g/mol. The van der Waals surface area contributed by atoms with Crippen LogP contribution in [0.2, 0.25) is 0 Å². The number of ether oxygens (including phenoxy) is 2. The summed E-state index contributed by atoms with van der Waals surface area (Å²) in [5, 5.41) is 2.03. The number of benzene rings is 1. The molecule has 1 aliphatic rings. The van der Waals surface area contributed by atoms with Crippen LogP contribution in [-0.2, 0) is 6.54 Å². The summed E-state index contributed by atoms with van der Waals surface area (Å²) < 4.78 is 17.8. The van der Waals surface area contributed by atoms with E-state index in [9.17, 15) is 0 Å². The van der Waals surface area contributed by atoms with Gasteiger partial charge in [0.1, 0.15) is 18.5 Å². The maximum absolute atomic E-state index is 6.09. The van der Waals surface area contributed by atoms with Crippen molar-refractivity contribution in [3.63, 3.8) is 0 Å². The summed E-state index contributed by atoms with van der Waals surface area (Å²) in [4.78, 5) is 8.07. The molecule has 2 aromatic heterocycles. The molecule has 3 aromatic rings. The molecule has 5 nitrogen and oxygen atoms in total. The number of nitrogens with zero attached hydrogens (tertiary/aromatic N) is 2. The van der Waals surface area contributed by atoms with Crippen molar-refractivity contribution >= 4 is 11.3 Å². The lowest BCUT2D eigenvalue weighted by Crippen LogP contribution is -2.40. The molecule has 0 spiro atoms. The van der Waals surface area contributed by atoms with Gasteiger partial charge < -0.3 is 13.9 Å². The molecular formula is C20H22N2O3S. The Kier molecular flexibility index (Phi) is 4.95. The van der Waals surface area contributed by atoms with Gasteiger partial charge in [-0.05, 0) is 37.0 Å². The molecule has 1 atom stereocenters. The quantitative estimate of drug-likeness (QED) is 0.645. The highest BCUT2D eigenvalue weighted by atomic mass is 32.1. The van der Waals surface area contributed by atoms with E-state index in [0.717, 1.165) is 47.5 Å². The van der Waals surface area contributed by atoms with Crippen LogP contribution >= 0.6 is 11.3 Å². The number of likely N-dealkylation sites (N-methyl/N-ethyl adjacent to an activating group) is 1. The molecule has 0 amide bonds. The van der Waals surface area contributed by atoms with Crippen LogP contribution in [0.1, 0.15) is 18.4 Å². The van der Waals surface area contributed by atoms with Crippen molar-refractivity contribution in [2.75, 3.05) is 19.7 Å². The normalized spacial score (nSPS) is 16.2. The van der Waals surface area contributed by atoms with Crippen molar-refractivity contribution in [3.8, 4) is 22.3 Å². The zero-order valence-electron chi connectivity index (χ0n) is 15.0. The van der Waals surface area contributed by atoms with E-state index >= 15 is 0 Å². The van der Waals surface area contributed by atoms with Gasteiger partial charge in [0.2, 0.25) is 5.89 Å². The van der Waals surface area contributed by atoms with Gasteiger partial charge >= 0.3 is 0 Å². The molecule has 0 N–H and O–H groups in total. The second-order valence-corrected chi connectivity index (χ2v) is 7.27. The van der Waals surface area contributed by atoms with Crippen LogP contribution in [-0.4, -0.2) is 35.7 Å². The molecule has 26 heavy (non-hydrogen) atoms. The second-order valence-electron chi connectivity index (χ2n) is 6.32. The molecule has 1 aromatic carbocycles. The lowest BCUT2D eigenvalue weighted by molar-refractivity contribution is 0.0576. The monoisotopic (exact) mass is 370 g/mol. The Balaban J connectivity index is 1.42. The SMILES string of the molecule is CCN(Cc1nc(-c2cccs2)oc1C)C[C@H]1COc2ccccc2O1. The summed E-state index contributed by atoms with van der Waals surface area (Å²) in [7, 11) is 0. The number of fused-ring (bicyclic) bond motifs is 1. The van der Waals surface area contributed by atoms with Gasteiger partial charge in [0, 0.05) is 13.1 Å². The molecule has 1 aliphatic heterocycles. The first-order chi connectivity index (χ1) is 12.7. The van der Waals surface area contributed by atoms with Crippen molar-refractivity contribution in [2.24, 2.45) is 0 Å². The van der Waals surface area contributed by atoms with Gasteiger partial charge in [-0.1, -0.05) is 25.1 Å². The summed E-state index contributed by atoms with van der Waals surface area (Å²) >= 11 is 1.64. The third-order valence-electron chi connectivity index (χ3n) is 4.47. The largest absolute Gasteiger partial charge is 0.486 e. The number of hydrogen-bond acceptors (Lipinski definition) is 6. The molecule has 6 heteroatoms. The Labute approximate surface area is 157 Å². The van der Waals surface area contributed by atoms with Crippen molar-refractivity contribution in [2.45, 2.75) is 26.5 Å². The first-order valence-electron chi connectivity index (χ1n) is 8.84. The number of aryl methyl sites for hydroxylation is 1. The van der Waals surface area contributed by atoms with E-state index in [1.54, 1.807) is 11.3 Å². The lowest BCUT2D eigenvalue weighted by atomic mass is 10.2. The highest BCUT2D eigenvalue weighted by Gasteiger charge is 2.24. The Morgan fingerprint density at radius 2 is 2.04 bits per heavy atom. The highest BCUT2D eigenvalue weighted by Crippen LogP contribution is 2.31. The van der Waals surface area contributed by atoms with Crippen LogP contribution in [0.15, 0.2) is 46.2 Å². The maximum atomic E-state index is 6.09. The number of thiophene rings is 1. The summed E-state index contributed by atoms with van der Waals surface area (Å²) in [6, 6.07) is 11.9. The Bertz CT molecular complexity index is 860. The van der Waals surface area contributed by atoms with E-state index < -0.39 is 0 Å². The van der Waals surface area contributed by atoms with E-state index in [0.29, 0.717) is 12.5 Å². The fourth-order valence-corrected chi connectivity index (χ4v) is 3.69. The number of oxazole rings is 1. The Hall–Kier alpha value is -2.31. The van der Waals surface area contributed by atoms with Gasteiger partial charge in [-0.2, -0.15) is 0 Å². The molecule has 3 heterocycles. The van der Waals surface area contributed by atoms with Crippen LogP contribution in [0.5, 0.6) is 11.5 Å². The fourth-order valence-electron chi connectivity index (χ4n) is 3.04. The number of hydrogen-bond donors (Lipinski definition) is 0. The van der Waals surface area contributed by atoms with E-state index in [1.807, 2.05) is 48.7 Å². The van der Waals surface area contributed by atoms with Crippen molar-refractivity contribution in [3.05, 3.63) is 53.2 Å². The predicted molar refractivity (Wildman–Crippen MR) is 102 cm³/mol. The van der Waals surface area contributed by atoms with E-state index in [1.165, 1.54) is 0 Å². The standard InChI is InChI=1S/C20H22N2O3S/c1-3-22(11-15-13-23-17-7-4-5-8-18(17)25-15)12-16-14(2)24-20(21-16)19-9-6-10-26-19/h4-10,15H,3,11-13H2,1-2H3/t15-/m0/s1. The van der Waals surface area contributed by atoms with Crippen LogP contribution < -0.4 is 9.47 Å². The third kappa shape index (κ3) is 3.61.